The number of rotatable bonds is 5. The number of carbonyl (C=O) groups is 2. The average molecular weight is 427 g/mol. The number of alkyl halides is 3. The monoisotopic (exact) mass is 427 g/mol. The summed E-state index contributed by atoms with van der Waals surface area (Å²) in [5.74, 6) is -2.27. The first kappa shape index (κ1) is 21.7. The summed E-state index contributed by atoms with van der Waals surface area (Å²) < 4.78 is 54.9. The number of halogens is 4. The van der Waals surface area contributed by atoms with E-state index in [9.17, 15) is 27.2 Å². The van der Waals surface area contributed by atoms with Crippen molar-refractivity contribution in [2.24, 2.45) is 5.92 Å². The van der Waals surface area contributed by atoms with E-state index in [2.05, 4.69) is 15.6 Å². The van der Waals surface area contributed by atoms with Gasteiger partial charge in [0.2, 0.25) is 5.91 Å². The molecule has 1 N–H and O–H groups in total. The van der Waals surface area contributed by atoms with Gasteiger partial charge in [-0.25, -0.2) is 9.07 Å². The normalized spacial score (nSPS) is 17.1. The van der Waals surface area contributed by atoms with Crippen molar-refractivity contribution in [3.8, 4) is 5.69 Å². The highest BCUT2D eigenvalue weighted by molar-refractivity contribution is 5.94. The zero-order valence-electron chi connectivity index (χ0n) is 16.2. The maximum absolute atomic E-state index is 13.8. The van der Waals surface area contributed by atoms with Gasteiger partial charge in [-0.15, -0.1) is 5.10 Å². The highest BCUT2D eigenvalue weighted by atomic mass is 19.4. The van der Waals surface area contributed by atoms with E-state index in [1.807, 2.05) is 6.92 Å². The minimum Gasteiger partial charge on any atom is -0.356 e. The van der Waals surface area contributed by atoms with Gasteiger partial charge in [0.1, 0.15) is 5.82 Å². The summed E-state index contributed by atoms with van der Waals surface area (Å²) in [7, 11) is 0. The lowest BCUT2D eigenvalue weighted by Gasteiger charge is -2.31. The standard InChI is InChI=1S/C19H21F4N5O2/c1-2-9-24-17(29)12-4-3-10-27(11-12)18(30)15-16(19(21,22)23)28(26-25-15)14-7-5-13(20)6-8-14/h5-8,12H,2-4,9-11H2,1H3,(H,24,29). The average Bonchev–Trinajstić information content (AvgIpc) is 3.18. The van der Waals surface area contributed by atoms with Crippen molar-refractivity contribution >= 4 is 11.8 Å². The van der Waals surface area contributed by atoms with Crippen LogP contribution in [0.5, 0.6) is 0 Å². The molecule has 0 spiro atoms. The molecule has 0 saturated carbocycles. The van der Waals surface area contributed by atoms with Crippen molar-refractivity contribution in [2.45, 2.75) is 32.4 Å². The van der Waals surface area contributed by atoms with E-state index >= 15 is 0 Å². The Morgan fingerprint density at radius 3 is 2.57 bits per heavy atom. The van der Waals surface area contributed by atoms with E-state index in [-0.39, 0.29) is 24.7 Å². The van der Waals surface area contributed by atoms with Gasteiger partial charge in [-0.3, -0.25) is 9.59 Å². The quantitative estimate of drug-likeness (QED) is 0.745. The van der Waals surface area contributed by atoms with E-state index in [0.29, 0.717) is 24.1 Å². The Labute approximate surface area is 170 Å². The molecule has 1 unspecified atom stereocenters. The second-order valence-corrected chi connectivity index (χ2v) is 7.05. The first-order valence-corrected chi connectivity index (χ1v) is 9.58. The molecule has 1 aliphatic rings. The minimum absolute atomic E-state index is 0.00901. The van der Waals surface area contributed by atoms with Gasteiger partial charge in [0.25, 0.3) is 5.91 Å². The van der Waals surface area contributed by atoms with Crippen LogP contribution in [-0.2, 0) is 11.0 Å². The van der Waals surface area contributed by atoms with E-state index < -0.39 is 35.2 Å². The molecule has 2 aromatic rings. The Kier molecular flexibility index (Phi) is 6.37. The number of piperidine rings is 1. The van der Waals surface area contributed by atoms with E-state index in [4.69, 9.17) is 0 Å². The number of nitrogens with zero attached hydrogens (tertiary/aromatic N) is 4. The summed E-state index contributed by atoms with van der Waals surface area (Å²) in [5.41, 5.74) is -2.26. The number of carbonyl (C=O) groups excluding carboxylic acids is 2. The smallest absolute Gasteiger partial charge is 0.356 e. The van der Waals surface area contributed by atoms with Gasteiger partial charge in [0.15, 0.2) is 11.4 Å². The lowest BCUT2D eigenvalue weighted by molar-refractivity contribution is -0.143. The molecule has 1 fully saturated rings. The number of likely N-dealkylation sites (tertiary alicyclic amines) is 1. The lowest BCUT2D eigenvalue weighted by atomic mass is 9.96. The van der Waals surface area contributed by atoms with E-state index in [1.165, 1.54) is 4.90 Å². The summed E-state index contributed by atoms with van der Waals surface area (Å²) in [5, 5.41) is 9.72. The number of nitrogens with one attached hydrogen (secondary N) is 1. The fourth-order valence-electron chi connectivity index (χ4n) is 3.36. The van der Waals surface area contributed by atoms with Gasteiger partial charge in [-0.05, 0) is 43.5 Å². The predicted octanol–water partition coefficient (Wildman–Crippen LogP) is 2.80. The van der Waals surface area contributed by atoms with Gasteiger partial charge < -0.3 is 10.2 Å². The molecule has 30 heavy (non-hydrogen) atoms. The fraction of sp³-hybridized carbons (Fsp3) is 0.474. The molecule has 11 heteroatoms. The van der Waals surface area contributed by atoms with Crippen molar-refractivity contribution in [1.29, 1.82) is 0 Å². The summed E-state index contributed by atoms with van der Waals surface area (Å²) in [6.07, 6.45) is -3.13. The highest BCUT2D eigenvalue weighted by Gasteiger charge is 2.43. The molecule has 2 amide bonds. The molecule has 7 nitrogen and oxygen atoms in total. The van der Waals surface area contributed by atoms with Crippen LogP contribution in [-0.4, -0.2) is 51.3 Å². The summed E-state index contributed by atoms with van der Waals surface area (Å²) in [6, 6.07) is 4.20. The van der Waals surface area contributed by atoms with Gasteiger partial charge in [0.05, 0.1) is 11.6 Å². The molecule has 1 saturated heterocycles. The maximum atomic E-state index is 13.8. The number of benzene rings is 1. The molecule has 2 heterocycles. The van der Waals surface area contributed by atoms with Gasteiger partial charge in [0, 0.05) is 19.6 Å². The summed E-state index contributed by atoms with van der Waals surface area (Å²) in [4.78, 5) is 26.3. The number of hydrogen-bond acceptors (Lipinski definition) is 4. The van der Waals surface area contributed by atoms with Crippen LogP contribution in [0.15, 0.2) is 24.3 Å². The van der Waals surface area contributed by atoms with Crippen LogP contribution in [0, 0.1) is 11.7 Å². The Morgan fingerprint density at radius 1 is 1.23 bits per heavy atom. The molecule has 0 radical (unpaired) electrons. The molecule has 1 aromatic carbocycles. The molecule has 0 aliphatic carbocycles. The van der Waals surface area contributed by atoms with Crippen LogP contribution in [0.4, 0.5) is 17.6 Å². The lowest BCUT2D eigenvalue weighted by Crippen LogP contribution is -2.46. The molecule has 0 bridgehead atoms. The third-order valence-electron chi connectivity index (χ3n) is 4.84. The zero-order valence-corrected chi connectivity index (χ0v) is 16.2. The first-order valence-electron chi connectivity index (χ1n) is 9.58. The van der Waals surface area contributed by atoms with Crippen LogP contribution < -0.4 is 5.32 Å². The number of hydrogen-bond donors (Lipinski definition) is 1. The Morgan fingerprint density at radius 2 is 1.93 bits per heavy atom. The Balaban J connectivity index is 1.88. The van der Waals surface area contributed by atoms with Crippen LogP contribution in [0.1, 0.15) is 42.4 Å². The molecule has 1 aliphatic heterocycles. The molecule has 162 valence electrons. The van der Waals surface area contributed by atoms with Crippen LogP contribution in [0.25, 0.3) is 5.69 Å². The maximum Gasteiger partial charge on any atom is 0.435 e. The molecule has 1 atom stereocenters. The third-order valence-corrected chi connectivity index (χ3v) is 4.84. The second-order valence-electron chi connectivity index (χ2n) is 7.05. The summed E-state index contributed by atoms with van der Waals surface area (Å²) in [6.45, 7) is 2.62. The molecule has 1 aromatic heterocycles. The van der Waals surface area contributed by atoms with Crippen molar-refractivity contribution in [1.82, 2.24) is 25.2 Å². The fourth-order valence-corrected chi connectivity index (χ4v) is 3.36. The topological polar surface area (TPSA) is 80.1 Å². The molecule has 3 rings (SSSR count). The van der Waals surface area contributed by atoms with Gasteiger partial charge >= 0.3 is 6.18 Å². The van der Waals surface area contributed by atoms with Crippen molar-refractivity contribution in [3.05, 3.63) is 41.5 Å². The summed E-state index contributed by atoms with van der Waals surface area (Å²) >= 11 is 0. The minimum atomic E-state index is -4.92. The molecular weight excluding hydrogens is 406 g/mol. The van der Waals surface area contributed by atoms with Crippen LogP contribution in [0.2, 0.25) is 0 Å². The largest absolute Gasteiger partial charge is 0.435 e. The third kappa shape index (κ3) is 4.60. The van der Waals surface area contributed by atoms with Gasteiger partial charge in [-0.2, -0.15) is 13.2 Å². The SMILES string of the molecule is CCCNC(=O)C1CCCN(C(=O)c2nnn(-c3ccc(F)cc3)c2C(F)(F)F)C1. The Bertz CT molecular complexity index is 911. The van der Waals surface area contributed by atoms with E-state index in [0.717, 1.165) is 30.7 Å². The van der Waals surface area contributed by atoms with Crippen molar-refractivity contribution in [2.75, 3.05) is 19.6 Å². The van der Waals surface area contributed by atoms with Crippen LogP contribution >= 0.6 is 0 Å². The first-order chi connectivity index (χ1) is 14.2. The number of aromatic nitrogens is 3. The highest BCUT2D eigenvalue weighted by Crippen LogP contribution is 2.33. The van der Waals surface area contributed by atoms with Crippen LogP contribution in [0.3, 0.4) is 0 Å². The van der Waals surface area contributed by atoms with Crippen molar-refractivity contribution < 1.29 is 27.2 Å². The van der Waals surface area contributed by atoms with E-state index in [1.54, 1.807) is 0 Å². The Hall–Kier alpha value is -2.98. The van der Waals surface area contributed by atoms with Gasteiger partial charge in [-0.1, -0.05) is 12.1 Å². The predicted molar refractivity (Wildman–Crippen MR) is 98.2 cm³/mol. The second kappa shape index (κ2) is 8.80. The number of amides is 2. The zero-order chi connectivity index (χ0) is 21.9. The van der Waals surface area contributed by atoms with Crippen molar-refractivity contribution in [3.63, 3.8) is 0 Å². The molecular formula is C19H21F4N5O2.